The van der Waals surface area contributed by atoms with Gasteiger partial charge in [-0.05, 0) is 5.41 Å². The highest BCUT2D eigenvalue weighted by molar-refractivity contribution is 5.81. The molecule has 0 aromatic carbocycles. The largest absolute Gasteiger partial charge is 0.467 e. The molecule has 1 aliphatic heterocycles. The van der Waals surface area contributed by atoms with E-state index in [1.165, 1.54) is 7.11 Å². The van der Waals surface area contributed by atoms with Crippen LogP contribution in [-0.4, -0.2) is 54.4 Å². The maximum atomic E-state index is 11.5. The molecule has 0 bridgehead atoms. The summed E-state index contributed by atoms with van der Waals surface area (Å²) in [5.74, 6) is -0.521. The van der Waals surface area contributed by atoms with Gasteiger partial charge in [0.25, 0.3) is 0 Å². The van der Waals surface area contributed by atoms with Crippen LogP contribution in [0.2, 0.25) is 0 Å². The van der Waals surface area contributed by atoms with Gasteiger partial charge in [0.2, 0.25) is 0 Å². The zero-order valence-corrected chi connectivity index (χ0v) is 10.7. The van der Waals surface area contributed by atoms with E-state index >= 15 is 0 Å². The third-order valence-electron chi connectivity index (χ3n) is 3.08. The molecule has 1 aliphatic rings. The highest BCUT2D eigenvalue weighted by atomic mass is 16.5. The standard InChI is InChI=1S/C11H20N2O4/c1-11(2,3)8-6-13(10(15)16)7(5-12-8)9(14)17-4/h7-8,12H,5-6H2,1-4H3,(H,15,16). The normalized spacial score (nSPS) is 25.5. The Kier molecular flexibility index (Phi) is 3.98. The molecule has 2 atom stereocenters. The molecule has 2 N–H and O–H groups in total. The molecule has 0 aromatic rings. The lowest BCUT2D eigenvalue weighted by molar-refractivity contribution is -0.147. The van der Waals surface area contributed by atoms with Crippen molar-refractivity contribution in [2.24, 2.45) is 5.41 Å². The molecule has 0 aromatic heterocycles. The summed E-state index contributed by atoms with van der Waals surface area (Å²) in [6.07, 6.45) is -1.09. The monoisotopic (exact) mass is 244 g/mol. The number of piperazine rings is 1. The number of amides is 1. The highest BCUT2D eigenvalue weighted by Gasteiger charge is 2.40. The Hall–Kier alpha value is -1.30. The van der Waals surface area contributed by atoms with Crippen LogP contribution in [0.1, 0.15) is 20.8 Å². The Morgan fingerprint density at radius 3 is 2.41 bits per heavy atom. The first-order valence-electron chi connectivity index (χ1n) is 5.58. The fourth-order valence-corrected chi connectivity index (χ4v) is 1.89. The minimum absolute atomic E-state index is 0.0273. The van der Waals surface area contributed by atoms with Crippen molar-refractivity contribution in [1.82, 2.24) is 10.2 Å². The second-order valence-corrected chi connectivity index (χ2v) is 5.30. The number of ether oxygens (including phenoxy) is 1. The summed E-state index contributed by atoms with van der Waals surface area (Å²) in [6, 6.07) is -0.726. The van der Waals surface area contributed by atoms with Crippen molar-refractivity contribution in [2.45, 2.75) is 32.9 Å². The van der Waals surface area contributed by atoms with Crippen molar-refractivity contribution in [3.63, 3.8) is 0 Å². The predicted octanol–water partition coefficient (Wildman–Crippen LogP) is 0.526. The van der Waals surface area contributed by atoms with E-state index in [-0.39, 0.29) is 11.5 Å². The van der Waals surface area contributed by atoms with Crippen molar-refractivity contribution in [3.8, 4) is 0 Å². The number of nitrogens with zero attached hydrogens (tertiary/aromatic N) is 1. The molecule has 1 rings (SSSR count). The first kappa shape index (κ1) is 13.8. The van der Waals surface area contributed by atoms with Gasteiger partial charge in [-0.3, -0.25) is 4.90 Å². The van der Waals surface area contributed by atoms with Crippen molar-refractivity contribution < 1.29 is 19.4 Å². The Balaban J connectivity index is 2.82. The van der Waals surface area contributed by atoms with Gasteiger partial charge >= 0.3 is 12.1 Å². The Labute approximate surface area is 101 Å². The first-order valence-corrected chi connectivity index (χ1v) is 5.58. The van der Waals surface area contributed by atoms with Gasteiger partial charge in [0, 0.05) is 19.1 Å². The van der Waals surface area contributed by atoms with Gasteiger partial charge in [-0.25, -0.2) is 9.59 Å². The summed E-state index contributed by atoms with van der Waals surface area (Å²) in [4.78, 5) is 23.8. The van der Waals surface area contributed by atoms with Crippen LogP contribution in [0.25, 0.3) is 0 Å². The van der Waals surface area contributed by atoms with Gasteiger partial charge in [-0.15, -0.1) is 0 Å². The number of carbonyl (C=O) groups excluding carboxylic acids is 1. The van der Waals surface area contributed by atoms with Crippen LogP contribution >= 0.6 is 0 Å². The maximum Gasteiger partial charge on any atom is 0.408 e. The van der Waals surface area contributed by atoms with Crippen LogP contribution in [-0.2, 0) is 9.53 Å². The fourth-order valence-electron chi connectivity index (χ4n) is 1.89. The molecule has 1 fully saturated rings. The smallest absolute Gasteiger partial charge is 0.408 e. The molecule has 1 amide bonds. The van der Waals surface area contributed by atoms with Crippen LogP contribution in [0.15, 0.2) is 0 Å². The topological polar surface area (TPSA) is 78.9 Å². The molecular weight excluding hydrogens is 224 g/mol. The molecular formula is C11H20N2O4. The molecule has 1 heterocycles. The van der Waals surface area contributed by atoms with Crippen LogP contribution in [0, 0.1) is 5.41 Å². The van der Waals surface area contributed by atoms with E-state index in [0.717, 1.165) is 4.90 Å². The molecule has 0 aliphatic carbocycles. The predicted molar refractivity (Wildman–Crippen MR) is 61.8 cm³/mol. The summed E-state index contributed by atoms with van der Waals surface area (Å²) in [6.45, 7) is 6.68. The average molecular weight is 244 g/mol. The summed E-state index contributed by atoms with van der Waals surface area (Å²) >= 11 is 0. The summed E-state index contributed by atoms with van der Waals surface area (Å²) < 4.78 is 4.61. The SMILES string of the molecule is COC(=O)C1CNC(C(C)(C)C)CN1C(=O)O. The molecule has 17 heavy (non-hydrogen) atoms. The van der Waals surface area contributed by atoms with Gasteiger partial charge in [0.05, 0.1) is 7.11 Å². The fraction of sp³-hybridized carbons (Fsp3) is 0.818. The third kappa shape index (κ3) is 3.09. The number of rotatable bonds is 1. The quantitative estimate of drug-likeness (QED) is 0.658. The molecule has 6 heteroatoms. The van der Waals surface area contributed by atoms with E-state index in [1.807, 2.05) is 20.8 Å². The number of esters is 1. The Bertz CT molecular complexity index is 311. The van der Waals surface area contributed by atoms with E-state index in [1.54, 1.807) is 0 Å². The van der Waals surface area contributed by atoms with Gasteiger partial charge in [-0.2, -0.15) is 0 Å². The maximum absolute atomic E-state index is 11.5. The summed E-state index contributed by atoms with van der Waals surface area (Å²) in [7, 11) is 1.26. The molecule has 0 radical (unpaired) electrons. The molecule has 2 unspecified atom stereocenters. The molecule has 0 spiro atoms. The Morgan fingerprint density at radius 1 is 1.41 bits per heavy atom. The lowest BCUT2D eigenvalue weighted by atomic mass is 9.85. The van der Waals surface area contributed by atoms with Gasteiger partial charge < -0.3 is 15.2 Å². The van der Waals surface area contributed by atoms with Crippen LogP contribution in [0.5, 0.6) is 0 Å². The minimum Gasteiger partial charge on any atom is -0.467 e. The first-order chi connectivity index (χ1) is 7.77. The van der Waals surface area contributed by atoms with Crippen molar-refractivity contribution >= 4 is 12.1 Å². The Morgan fingerprint density at radius 2 is 2.00 bits per heavy atom. The summed E-state index contributed by atoms with van der Waals surface area (Å²) in [5.41, 5.74) is -0.0607. The number of carboxylic acid groups (broad SMARTS) is 1. The number of hydrogen-bond acceptors (Lipinski definition) is 4. The molecule has 0 saturated carbocycles. The second kappa shape index (κ2) is 4.91. The van der Waals surface area contributed by atoms with E-state index in [2.05, 4.69) is 10.1 Å². The van der Waals surface area contributed by atoms with E-state index in [4.69, 9.17) is 5.11 Å². The minimum atomic E-state index is -1.09. The lowest BCUT2D eigenvalue weighted by Crippen LogP contribution is -2.63. The van der Waals surface area contributed by atoms with Crippen LogP contribution in [0.3, 0.4) is 0 Å². The highest BCUT2D eigenvalue weighted by Crippen LogP contribution is 2.23. The number of carbonyl (C=O) groups is 2. The molecule has 98 valence electrons. The van der Waals surface area contributed by atoms with Gasteiger partial charge in [0.15, 0.2) is 0 Å². The van der Waals surface area contributed by atoms with Gasteiger partial charge in [-0.1, -0.05) is 20.8 Å². The molecule has 6 nitrogen and oxygen atoms in total. The van der Waals surface area contributed by atoms with E-state index < -0.39 is 18.1 Å². The second-order valence-electron chi connectivity index (χ2n) is 5.30. The van der Waals surface area contributed by atoms with E-state index in [0.29, 0.717) is 13.1 Å². The van der Waals surface area contributed by atoms with Crippen molar-refractivity contribution in [3.05, 3.63) is 0 Å². The van der Waals surface area contributed by atoms with Gasteiger partial charge in [0.1, 0.15) is 6.04 Å². The zero-order chi connectivity index (χ0) is 13.2. The van der Waals surface area contributed by atoms with Crippen LogP contribution in [0.4, 0.5) is 4.79 Å². The number of nitrogens with one attached hydrogen (secondary N) is 1. The van der Waals surface area contributed by atoms with Crippen molar-refractivity contribution in [1.29, 1.82) is 0 Å². The number of hydrogen-bond donors (Lipinski definition) is 2. The lowest BCUT2D eigenvalue weighted by Gasteiger charge is -2.42. The third-order valence-corrected chi connectivity index (χ3v) is 3.08. The molecule has 1 saturated heterocycles. The average Bonchev–Trinajstić information content (AvgIpc) is 2.25. The number of methoxy groups -OCH3 is 1. The summed E-state index contributed by atoms with van der Waals surface area (Å²) in [5, 5.41) is 12.3. The zero-order valence-electron chi connectivity index (χ0n) is 10.7. The van der Waals surface area contributed by atoms with E-state index in [9.17, 15) is 9.59 Å². The van der Waals surface area contributed by atoms with Crippen LogP contribution < -0.4 is 5.32 Å². The van der Waals surface area contributed by atoms with Crippen molar-refractivity contribution in [2.75, 3.05) is 20.2 Å².